The highest BCUT2D eigenvalue weighted by molar-refractivity contribution is 7.80. The van der Waals surface area contributed by atoms with Crippen LogP contribution >= 0.6 is 12.2 Å². The minimum absolute atomic E-state index is 0.323. The first-order valence-electron chi connectivity index (χ1n) is 3.05. The van der Waals surface area contributed by atoms with Crippen molar-refractivity contribution in [1.29, 1.82) is 0 Å². The number of thiocarbonyl (C=S) groups is 1. The smallest absolute Gasteiger partial charge is 0.158 e. The normalized spacial score (nSPS) is 9.18. The summed E-state index contributed by atoms with van der Waals surface area (Å²) in [5.74, 6) is 0.611. The van der Waals surface area contributed by atoms with Crippen LogP contribution in [0.25, 0.3) is 0 Å². The second kappa shape index (κ2) is 3.25. The van der Waals surface area contributed by atoms with E-state index in [1.54, 1.807) is 19.3 Å². The van der Waals surface area contributed by atoms with Gasteiger partial charge in [-0.2, -0.15) is 5.10 Å². The Bertz CT molecular complexity index is 273. The summed E-state index contributed by atoms with van der Waals surface area (Å²) in [7, 11) is 1.74. The van der Waals surface area contributed by atoms with E-state index in [1.165, 1.54) is 0 Å². The molecule has 0 spiro atoms. The van der Waals surface area contributed by atoms with Crippen LogP contribution in [0.2, 0.25) is 0 Å². The van der Waals surface area contributed by atoms with E-state index in [0.29, 0.717) is 10.8 Å². The molecule has 0 aliphatic heterocycles. The van der Waals surface area contributed by atoms with Crippen molar-refractivity contribution in [3.8, 4) is 0 Å². The van der Waals surface area contributed by atoms with Crippen LogP contribution in [0.5, 0.6) is 0 Å². The molecule has 0 saturated carbocycles. The molecule has 1 aromatic heterocycles. The Kier molecular flexibility index (Phi) is 2.32. The van der Waals surface area contributed by atoms with Crippen molar-refractivity contribution in [1.82, 2.24) is 10.2 Å². The number of aromatic nitrogens is 2. The Morgan fingerprint density at radius 2 is 2.45 bits per heavy atom. The SMILES string of the molecule is CNc1nnccc1C(N)=S. The summed E-state index contributed by atoms with van der Waals surface area (Å²) in [5.41, 5.74) is 6.13. The second-order valence-electron chi connectivity index (χ2n) is 1.91. The first-order chi connectivity index (χ1) is 5.25. The number of anilines is 1. The lowest BCUT2D eigenvalue weighted by Crippen LogP contribution is -2.13. The third kappa shape index (κ3) is 1.62. The second-order valence-corrected chi connectivity index (χ2v) is 2.35. The number of nitrogens with zero attached hydrogens (tertiary/aromatic N) is 2. The van der Waals surface area contributed by atoms with Crippen LogP contribution in [-0.4, -0.2) is 22.2 Å². The molecular formula is C6H8N4S. The molecule has 0 bridgehead atoms. The van der Waals surface area contributed by atoms with Gasteiger partial charge < -0.3 is 11.1 Å². The molecule has 0 unspecified atom stereocenters. The topological polar surface area (TPSA) is 63.8 Å². The summed E-state index contributed by atoms with van der Waals surface area (Å²) in [4.78, 5) is 0.323. The molecule has 11 heavy (non-hydrogen) atoms. The largest absolute Gasteiger partial charge is 0.389 e. The Morgan fingerprint density at radius 3 is 2.91 bits per heavy atom. The van der Waals surface area contributed by atoms with Gasteiger partial charge in [-0.05, 0) is 6.07 Å². The van der Waals surface area contributed by atoms with Crippen LogP contribution < -0.4 is 11.1 Å². The zero-order valence-electron chi connectivity index (χ0n) is 6.03. The van der Waals surface area contributed by atoms with Gasteiger partial charge in [0.05, 0.1) is 11.8 Å². The molecule has 4 nitrogen and oxygen atoms in total. The lowest BCUT2D eigenvalue weighted by atomic mass is 10.3. The third-order valence-corrected chi connectivity index (χ3v) is 1.44. The number of nitrogens with two attached hydrogens (primary N) is 1. The number of hydrogen-bond donors (Lipinski definition) is 2. The predicted octanol–water partition coefficient (Wildman–Crippen LogP) is 0.153. The average Bonchev–Trinajstić information content (AvgIpc) is 2.04. The van der Waals surface area contributed by atoms with Gasteiger partial charge in [-0.25, -0.2) is 0 Å². The van der Waals surface area contributed by atoms with Crippen LogP contribution in [0.15, 0.2) is 12.3 Å². The summed E-state index contributed by atoms with van der Waals surface area (Å²) < 4.78 is 0. The lowest BCUT2D eigenvalue weighted by molar-refractivity contribution is 1.03. The van der Waals surface area contributed by atoms with E-state index in [4.69, 9.17) is 18.0 Å². The first kappa shape index (κ1) is 7.87. The highest BCUT2D eigenvalue weighted by Crippen LogP contribution is 2.07. The van der Waals surface area contributed by atoms with E-state index < -0.39 is 0 Å². The maximum atomic E-state index is 5.41. The van der Waals surface area contributed by atoms with Crippen molar-refractivity contribution in [2.75, 3.05) is 12.4 Å². The van der Waals surface area contributed by atoms with Gasteiger partial charge in [0, 0.05) is 7.05 Å². The Hall–Kier alpha value is -1.23. The predicted molar refractivity (Wildman–Crippen MR) is 47.5 cm³/mol. The Morgan fingerprint density at radius 1 is 1.73 bits per heavy atom. The highest BCUT2D eigenvalue weighted by Gasteiger charge is 2.02. The molecule has 0 aliphatic rings. The van der Waals surface area contributed by atoms with Gasteiger partial charge in [-0.1, -0.05) is 12.2 Å². The molecule has 1 aromatic rings. The third-order valence-electron chi connectivity index (χ3n) is 1.22. The Balaban J connectivity index is 3.12. The molecule has 0 saturated heterocycles. The molecule has 0 fully saturated rings. The summed E-state index contributed by atoms with van der Waals surface area (Å²) in [6.45, 7) is 0. The van der Waals surface area contributed by atoms with E-state index >= 15 is 0 Å². The summed E-state index contributed by atoms with van der Waals surface area (Å²) in [5, 5.41) is 10.3. The molecule has 0 aliphatic carbocycles. The fraction of sp³-hybridized carbons (Fsp3) is 0.167. The maximum absolute atomic E-state index is 5.41. The summed E-state index contributed by atoms with van der Waals surface area (Å²) in [6.07, 6.45) is 1.55. The van der Waals surface area contributed by atoms with Gasteiger partial charge in [0.15, 0.2) is 5.82 Å². The molecule has 0 radical (unpaired) electrons. The molecule has 0 amide bonds. The molecule has 1 heterocycles. The monoisotopic (exact) mass is 168 g/mol. The molecule has 5 heteroatoms. The van der Waals surface area contributed by atoms with Crippen LogP contribution in [0, 0.1) is 0 Å². The molecule has 58 valence electrons. The molecule has 1 rings (SSSR count). The van der Waals surface area contributed by atoms with E-state index in [-0.39, 0.29) is 0 Å². The van der Waals surface area contributed by atoms with Crippen molar-refractivity contribution < 1.29 is 0 Å². The first-order valence-corrected chi connectivity index (χ1v) is 3.45. The highest BCUT2D eigenvalue weighted by atomic mass is 32.1. The lowest BCUT2D eigenvalue weighted by Gasteiger charge is -2.02. The van der Waals surface area contributed by atoms with Crippen molar-refractivity contribution >= 4 is 23.0 Å². The van der Waals surface area contributed by atoms with Crippen LogP contribution in [0.3, 0.4) is 0 Å². The van der Waals surface area contributed by atoms with Crippen LogP contribution in [0.4, 0.5) is 5.82 Å². The van der Waals surface area contributed by atoms with Crippen molar-refractivity contribution in [2.24, 2.45) is 5.73 Å². The summed E-state index contributed by atoms with van der Waals surface area (Å²) >= 11 is 4.79. The quantitative estimate of drug-likeness (QED) is 0.615. The van der Waals surface area contributed by atoms with Gasteiger partial charge >= 0.3 is 0 Å². The minimum atomic E-state index is 0.323. The fourth-order valence-corrected chi connectivity index (χ4v) is 0.880. The van der Waals surface area contributed by atoms with E-state index in [0.717, 1.165) is 5.56 Å². The fourth-order valence-electron chi connectivity index (χ4n) is 0.715. The van der Waals surface area contributed by atoms with Crippen LogP contribution in [-0.2, 0) is 0 Å². The number of nitrogens with one attached hydrogen (secondary N) is 1. The van der Waals surface area contributed by atoms with E-state index in [1.807, 2.05) is 0 Å². The van der Waals surface area contributed by atoms with Gasteiger partial charge in [0.25, 0.3) is 0 Å². The van der Waals surface area contributed by atoms with Gasteiger partial charge in [-0.3, -0.25) is 0 Å². The number of hydrogen-bond acceptors (Lipinski definition) is 4. The molecule has 0 atom stereocenters. The zero-order valence-corrected chi connectivity index (χ0v) is 6.85. The van der Waals surface area contributed by atoms with E-state index in [9.17, 15) is 0 Å². The minimum Gasteiger partial charge on any atom is -0.389 e. The Labute approximate surface area is 69.8 Å². The molecule has 0 aromatic carbocycles. The van der Waals surface area contributed by atoms with E-state index in [2.05, 4.69) is 15.5 Å². The zero-order chi connectivity index (χ0) is 8.27. The number of rotatable bonds is 2. The maximum Gasteiger partial charge on any atom is 0.158 e. The van der Waals surface area contributed by atoms with Crippen LogP contribution in [0.1, 0.15) is 5.56 Å². The van der Waals surface area contributed by atoms with Gasteiger partial charge in [0.2, 0.25) is 0 Å². The van der Waals surface area contributed by atoms with Crippen molar-refractivity contribution in [3.63, 3.8) is 0 Å². The van der Waals surface area contributed by atoms with Gasteiger partial charge in [-0.15, -0.1) is 5.10 Å². The average molecular weight is 168 g/mol. The molecular weight excluding hydrogens is 160 g/mol. The van der Waals surface area contributed by atoms with Gasteiger partial charge in [0.1, 0.15) is 4.99 Å². The molecule has 3 N–H and O–H groups in total. The van der Waals surface area contributed by atoms with Crippen molar-refractivity contribution in [2.45, 2.75) is 0 Å². The standard InChI is InChI=1S/C6H8N4S/c1-8-6-4(5(7)11)2-3-9-10-6/h2-3H,1H3,(H2,7,11)(H,8,10). The summed E-state index contributed by atoms with van der Waals surface area (Å²) in [6, 6.07) is 1.72. The van der Waals surface area contributed by atoms with Crippen molar-refractivity contribution in [3.05, 3.63) is 17.8 Å².